The van der Waals surface area contributed by atoms with Gasteiger partial charge in [0.1, 0.15) is 4.75 Å². The fourth-order valence-electron chi connectivity index (χ4n) is 1.10. The van der Waals surface area contributed by atoms with Crippen LogP contribution in [0.15, 0.2) is 29.2 Å². The predicted molar refractivity (Wildman–Crippen MR) is 63.4 cm³/mol. The topological polar surface area (TPSA) is 51.2 Å². The lowest BCUT2D eigenvalue weighted by atomic mass is 10.1. The number of sulfone groups is 1. The minimum atomic E-state index is -3.66. The summed E-state index contributed by atoms with van der Waals surface area (Å²) in [7, 11) is -3.66. The second-order valence-electron chi connectivity index (χ2n) is 4.02. The Balaban J connectivity index is 3.33. The van der Waals surface area contributed by atoms with E-state index in [0.717, 1.165) is 0 Å². The molecule has 0 aliphatic carbocycles. The van der Waals surface area contributed by atoms with Crippen LogP contribution in [0, 0.1) is 0 Å². The van der Waals surface area contributed by atoms with Gasteiger partial charge in [0.2, 0.25) is 0 Å². The van der Waals surface area contributed by atoms with Crippen LogP contribution in [0.4, 0.5) is 0 Å². The molecule has 0 amide bonds. The predicted octanol–water partition coefficient (Wildman–Crippen LogP) is 2.48. The number of halogens is 1. The van der Waals surface area contributed by atoms with Crippen molar-refractivity contribution >= 4 is 27.2 Å². The van der Waals surface area contributed by atoms with Crippen molar-refractivity contribution < 1.29 is 13.2 Å². The van der Waals surface area contributed by atoms with Crippen molar-refractivity contribution in [1.82, 2.24) is 0 Å². The van der Waals surface area contributed by atoms with Gasteiger partial charge in [0.05, 0.1) is 4.90 Å². The first-order valence-corrected chi connectivity index (χ1v) is 6.57. The Morgan fingerprint density at radius 3 is 2.00 bits per heavy atom. The zero-order valence-corrected chi connectivity index (χ0v) is 10.9. The molecule has 0 bridgehead atoms. The zero-order chi connectivity index (χ0) is 12.6. The van der Waals surface area contributed by atoms with Crippen LogP contribution < -0.4 is 0 Å². The first-order chi connectivity index (χ1) is 7.19. The molecular formula is C11H13ClO3S. The maximum atomic E-state index is 12.1. The van der Waals surface area contributed by atoms with Gasteiger partial charge in [-0.2, -0.15) is 0 Å². The van der Waals surface area contributed by atoms with Gasteiger partial charge in [-0.1, -0.05) is 11.6 Å². The van der Waals surface area contributed by atoms with Gasteiger partial charge in [-0.15, -0.1) is 0 Å². The fraction of sp³-hybridized carbons (Fsp3) is 0.364. The summed E-state index contributed by atoms with van der Waals surface area (Å²) in [5.74, 6) is -0.387. The molecule has 0 aliphatic heterocycles. The second-order valence-corrected chi connectivity index (χ2v) is 6.96. The number of carbonyl (C=O) groups is 1. The molecule has 5 heteroatoms. The van der Waals surface area contributed by atoms with E-state index in [1.165, 1.54) is 45.0 Å². The molecule has 16 heavy (non-hydrogen) atoms. The van der Waals surface area contributed by atoms with Crippen LogP contribution in [0.1, 0.15) is 20.8 Å². The van der Waals surface area contributed by atoms with E-state index in [4.69, 9.17) is 11.6 Å². The van der Waals surface area contributed by atoms with Crippen molar-refractivity contribution in [3.63, 3.8) is 0 Å². The first-order valence-electron chi connectivity index (χ1n) is 4.71. The Kier molecular flexibility index (Phi) is 3.45. The minimum Gasteiger partial charge on any atom is -0.298 e. The number of hydrogen-bond acceptors (Lipinski definition) is 3. The molecule has 1 aromatic carbocycles. The molecule has 1 aromatic rings. The van der Waals surface area contributed by atoms with Gasteiger partial charge >= 0.3 is 0 Å². The summed E-state index contributed by atoms with van der Waals surface area (Å²) in [6.07, 6.45) is 0. The van der Waals surface area contributed by atoms with Crippen molar-refractivity contribution in [2.45, 2.75) is 30.4 Å². The average molecular weight is 261 g/mol. The third-order valence-corrected chi connectivity index (χ3v) is 5.42. The maximum Gasteiger partial charge on any atom is 0.190 e. The molecule has 0 unspecified atom stereocenters. The third-order valence-electron chi connectivity index (χ3n) is 2.64. The summed E-state index contributed by atoms with van der Waals surface area (Å²) in [6.45, 7) is 4.08. The van der Waals surface area contributed by atoms with Crippen molar-refractivity contribution in [2.24, 2.45) is 0 Å². The molecule has 0 aromatic heterocycles. The summed E-state index contributed by atoms with van der Waals surface area (Å²) >= 11 is 5.68. The molecule has 88 valence electrons. The van der Waals surface area contributed by atoms with Crippen molar-refractivity contribution in [3.8, 4) is 0 Å². The lowest BCUT2D eigenvalue weighted by molar-refractivity contribution is -0.118. The molecular weight excluding hydrogens is 248 g/mol. The number of benzene rings is 1. The van der Waals surface area contributed by atoms with Crippen LogP contribution in [-0.2, 0) is 14.6 Å². The molecule has 0 N–H and O–H groups in total. The number of rotatable bonds is 3. The standard InChI is InChI=1S/C11H13ClO3S/c1-8(13)11(2,3)16(14,15)10-6-4-9(12)5-7-10/h4-7H,1-3H3. The van der Waals surface area contributed by atoms with Crippen LogP contribution in [0.5, 0.6) is 0 Å². The molecule has 0 saturated heterocycles. The maximum absolute atomic E-state index is 12.1. The number of hydrogen-bond donors (Lipinski definition) is 0. The molecule has 0 atom stereocenters. The Morgan fingerprint density at radius 1 is 1.19 bits per heavy atom. The van der Waals surface area contributed by atoms with E-state index in [0.29, 0.717) is 5.02 Å². The normalized spacial score (nSPS) is 12.5. The Hall–Kier alpha value is -0.870. The lowest BCUT2D eigenvalue weighted by Crippen LogP contribution is -2.39. The number of ketones is 1. The van der Waals surface area contributed by atoms with Gasteiger partial charge in [-0.05, 0) is 45.0 Å². The number of carbonyl (C=O) groups excluding carboxylic acids is 1. The molecule has 0 spiro atoms. The van der Waals surface area contributed by atoms with Crippen LogP contribution >= 0.6 is 11.6 Å². The van der Waals surface area contributed by atoms with Crippen LogP contribution in [0.25, 0.3) is 0 Å². The monoisotopic (exact) mass is 260 g/mol. The fourth-order valence-corrected chi connectivity index (χ4v) is 2.69. The highest BCUT2D eigenvalue weighted by Crippen LogP contribution is 2.27. The van der Waals surface area contributed by atoms with Gasteiger partial charge < -0.3 is 0 Å². The van der Waals surface area contributed by atoms with Crippen molar-refractivity contribution in [1.29, 1.82) is 0 Å². The van der Waals surface area contributed by atoms with E-state index in [-0.39, 0.29) is 10.7 Å². The second kappa shape index (κ2) is 4.18. The highest BCUT2D eigenvalue weighted by molar-refractivity contribution is 7.93. The summed E-state index contributed by atoms with van der Waals surface area (Å²) < 4.78 is 22.9. The third kappa shape index (κ3) is 2.13. The number of Topliss-reactive ketones (excluding diaryl/α,β-unsaturated/α-hetero) is 1. The molecule has 0 radical (unpaired) electrons. The summed E-state index contributed by atoms with van der Waals surface area (Å²) in [5, 5.41) is 0.458. The first kappa shape index (κ1) is 13.2. The highest BCUT2D eigenvalue weighted by Gasteiger charge is 2.39. The van der Waals surface area contributed by atoms with Gasteiger partial charge in [0.25, 0.3) is 0 Å². The Bertz CT molecular complexity index is 501. The van der Waals surface area contributed by atoms with Gasteiger partial charge in [-0.25, -0.2) is 8.42 Å². The highest BCUT2D eigenvalue weighted by atomic mass is 35.5. The molecule has 3 nitrogen and oxygen atoms in total. The van der Waals surface area contributed by atoms with E-state index >= 15 is 0 Å². The smallest absolute Gasteiger partial charge is 0.190 e. The summed E-state index contributed by atoms with van der Waals surface area (Å²) in [6, 6.07) is 5.79. The van der Waals surface area contributed by atoms with Gasteiger partial charge in [0, 0.05) is 5.02 Å². The van der Waals surface area contributed by atoms with Crippen molar-refractivity contribution in [3.05, 3.63) is 29.3 Å². The molecule has 0 heterocycles. The lowest BCUT2D eigenvalue weighted by Gasteiger charge is -2.21. The van der Waals surface area contributed by atoms with E-state index in [9.17, 15) is 13.2 Å². The minimum absolute atomic E-state index is 0.108. The van der Waals surface area contributed by atoms with Crippen LogP contribution in [-0.4, -0.2) is 18.9 Å². The average Bonchev–Trinajstić information content (AvgIpc) is 2.17. The quantitative estimate of drug-likeness (QED) is 0.839. The summed E-state index contributed by atoms with van der Waals surface area (Å²) in [4.78, 5) is 11.5. The Labute approximate surface area is 100 Å². The van der Waals surface area contributed by atoms with E-state index in [1.54, 1.807) is 0 Å². The van der Waals surface area contributed by atoms with E-state index in [1.807, 2.05) is 0 Å². The van der Waals surface area contributed by atoms with E-state index in [2.05, 4.69) is 0 Å². The molecule has 0 fully saturated rings. The Morgan fingerprint density at radius 2 is 1.62 bits per heavy atom. The van der Waals surface area contributed by atoms with Crippen LogP contribution in [0.2, 0.25) is 5.02 Å². The van der Waals surface area contributed by atoms with Gasteiger partial charge in [-0.3, -0.25) is 4.79 Å². The van der Waals surface area contributed by atoms with Crippen LogP contribution in [0.3, 0.4) is 0 Å². The summed E-state index contributed by atoms with van der Waals surface area (Å²) in [5.41, 5.74) is 0. The largest absolute Gasteiger partial charge is 0.298 e. The zero-order valence-electron chi connectivity index (χ0n) is 9.32. The molecule has 0 aliphatic rings. The SMILES string of the molecule is CC(=O)C(C)(C)S(=O)(=O)c1ccc(Cl)cc1. The van der Waals surface area contributed by atoms with Crippen molar-refractivity contribution in [2.75, 3.05) is 0 Å². The molecule has 1 rings (SSSR count). The molecule has 0 saturated carbocycles. The van der Waals surface area contributed by atoms with E-state index < -0.39 is 14.6 Å². The van der Waals surface area contributed by atoms with Gasteiger partial charge in [0.15, 0.2) is 15.6 Å².